The SMILES string of the molecule is CN1CCCC(c2nc(S)cs2)C1. The van der Waals surface area contributed by atoms with Crippen molar-refractivity contribution in [2.24, 2.45) is 0 Å². The summed E-state index contributed by atoms with van der Waals surface area (Å²) in [6.07, 6.45) is 2.58. The zero-order chi connectivity index (χ0) is 9.26. The quantitative estimate of drug-likeness (QED) is 0.722. The topological polar surface area (TPSA) is 16.1 Å². The molecule has 4 heteroatoms. The van der Waals surface area contributed by atoms with Crippen LogP contribution in [-0.4, -0.2) is 30.0 Å². The molecule has 0 bridgehead atoms. The van der Waals surface area contributed by atoms with Gasteiger partial charge in [0.1, 0.15) is 5.03 Å². The smallest absolute Gasteiger partial charge is 0.104 e. The molecule has 0 radical (unpaired) electrons. The van der Waals surface area contributed by atoms with E-state index in [4.69, 9.17) is 0 Å². The molecule has 1 aliphatic heterocycles. The Bertz CT molecular complexity index is 285. The molecule has 1 aliphatic rings. The second-order valence-corrected chi connectivity index (χ2v) is 4.99. The lowest BCUT2D eigenvalue weighted by Gasteiger charge is -2.28. The van der Waals surface area contributed by atoms with Crippen LogP contribution in [0.1, 0.15) is 23.8 Å². The molecule has 2 heterocycles. The number of likely N-dealkylation sites (N-methyl/N-ethyl adjacent to an activating group) is 1. The van der Waals surface area contributed by atoms with Gasteiger partial charge in [-0.05, 0) is 26.4 Å². The lowest BCUT2D eigenvalue weighted by molar-refractivity contribution is 0.250. The van der Waals surface area contributed by atoms with E-state index in [1.54, 1.807) is 11.3 Å². The van der Waals surface area contributed by atoms with Crippen molar-refractivity contribution >= 4 is 24.0 Å². The number of piperidine rings is 1. The van der Waals surface area contributed by atoms with E-state index in [0.717, 1.165) is 11.6 Å². The van der Waals surface area contributed by atoms with Crippen LogP contribution in [0.15, 0.2) is 10.4 Å². The molecule has 2 rings (SSSR count). The fourth-order valence-electron chi connectivity index (χ4n) is 1.83. The molecule has 1 unspecified atom stereocenters. The minimum atomic E-state index is 0.643. The van der Waals surface area contributed by atoms with E-state index >= 15 is 0 Å². The summed E-state index contributed by atoms with van der Waals surface area (Å²) in [6.45, 7) is 2.39. The van der Waals surface area contributed by atoms with Crippen LogP contribution in [0, 0.1) is 0 Å². The van der Waals surface area contributed by atoms with Gasteiger partial charge in [0.05, 0.1) is 5.01 Å². The van der Waals surface area contributed by atoms with Crippen LogP contribution in [0.5, 0.6) is 0 Å². The van der Waals surface area contributed by atoms with Crippen molar-refractivity contribution in [3.05, 3.63) is 10.4 Å². The zero-order valence-electron chi connectivity index (χ0n) is 7.73. The Labute approximate surface area is 88.4 Å². The molecular weight excluding hydrogens is 200 g/mol. The molecule has 2 nitrogen and oxygen atoms in total. The zero-order valence-corrected chi connectivity index (χ0v) is 9.44. The predicted octanol–water partition coefficient (Wildman–Crippen LogP) is 2.24. The number of thiazole rings is 1. The first kappa shape index (κ1) is 9.49. The maximum absolute atomic E-state index is 4.42. The summed E-state index contributed by atoms with van der Waals surface area (Å²) in [6, 6.07) is 0. The van der Waals surface area contributed by atoms with E-state index in [1.807, 2.05) is 5.38 Å². The Morgan fingerprint density at radius 1 is 1.69 bits per heavy atom. The van der Waals surface area contributed by atoms with Gasteiger partial charge in [-0.3, -0.25) is 0 Å². The average Bonchev–Trinajstić information content (AvgIpc) is 2.52. The van der Waals surface area contributed by atoms with Crippen molar-refractivity contribution < 1.29 is 0 Å². The second-order valence-electron chi connectivity index (χ2n) is 3.65. The summed E-state index contributed by atoms with van der Waals surface area (Å²) < 4.78 is 0. The fraction of sp³-hybridized carbons (Fsp3) is 0.667. The lowest BCUT2D eigenvalue weighted by Crippen LogP contribution is -2.30. The highest BCUT2D eigenvalue weighted by atomic mass is 32.1. The molecule has 0 spiro atoms. The summed E-state index contributed by atoms with van der Waals surface area (Å²) in [7, 11) is 2.18. The Balaban J connectivity index is 2.08. The maximum Gasteiger partial charge on any atom is 0.104 e. The normalized spacial score (nSPS) is 24.9. The highest BCUT2D eigenvalue weighted by Crippen LogP contribution is 2.29. The van der Waals surface area contributed by atoms with Crippen molar-refractivity contribution in [2.75, 3.05) is 20.1 Å². The van der Waals surface area contributed by atoms with E-state index < -0.39 is 0 Å². The molecule has 1 fully saturated rings. The molecule has 1 atom stereocenters. The van der Waals surface area contributed by atoms with Crippen LogP contribution in [0.25, 0.3) is 0 Å². The van der Waals surface area contributed by atoms with Gasteiger partial charge in [-0.2, -0.15) is 0 Å². The van der Waals surface area contributed by atoms with Gasteiger partial charge in [-0.25, -0.2) is 4.98 Å². The monoisotopic (exact) mass is 214 g/mol. The van der Waals surface area contributed by atoms with Crippen molar-refractivity contribution in [1.82, 2.24) is 9.88 Å². The Morgan fingerprint density at radius 2 is 2.54 bits per heavy atom. The third-order valence-corrected chi connectivity index (χ3v) is 3.89. The third-order valence-electron chi connectivity index (χ3n) is 2.48. The second kappa shape index (κ2) is 3.98. The lowest BCUT2D eigenvalue weighted by atomic mass is 9.99. The summed E-state index contributed by atoms with van der Waals surface area (Å²) >= 11 is 5.98. The van der Waals surface area contributed by atoms with Crippen molar-refractivity contribution in [3.63, 3.8) is 0 Å². The predicted molar refractivity (Wildman–Crippen MR) is 58.8 cm³/mol. The number of rotatable bonds is 1. The van der Waals surface area contributed by atoms with E-state index in [9.17, 15) is 0 Å². The molecule has 0 amide bonds. The number of likely N-dealkylation sites (tertiary alicyclic amines) is 1. The number of aromatic nitrogens is 1. The Morgan fingerprint density at radius 3 is 3.15 bits per heavy atom. The van der Waals surface area contributed by atoms with Crippen LogP contribution < -0.4 is 0 Å². The summed E-state index contributed by atoms with van der Waals surface area (Å²) in [5, 5.41) is 4.15. The van der Waals surface area contributed by atoms with Crippen molar-refractivity contribution in [1.29, 1.82) is 0 Å². The standard InChI is InChI=1S/C9H14N2S2/c1-11-4-2-3-7(5-11)9-10-8(12)6-13-9/h6-7,12H,2-5H2,1H3. The van der Waals surface area contributed by atoms with E-state index in [-0.39, 0.29) is 0 Å². The molecule has 1 saturated heterocycles. The van der Waals surface area contributed by atoms with Gasteiger partial charge in [0.2, 0.25) is 0 Å². The van der Waals surface area contributed by atoms with Crippen molar-refractivity contribution in [3.8, 4) is 0 Å². The van der Waals surface area contributed by atoms with Crippen LogP contribution in [0.3, 0.4) is 0 Å². The van der Waals surface area contributed by atoms with Crippen LogP contribution >= 0.6 is 24.0 Å². The molecule has 0 aromatic carbocycles. The largest absolute Gasteiger partial charge is 0.306 e. The summed E-state index contributed by atoms with van der Waals surface area (Å²) in [5.74, 6) is 0.643. The van der Waals surface area contributed by atoms with E-state index in [2.05, 4.69) is 29.6 Å². The molecule has 72 valence electrons. The molecule has 1 aromatic rings. The van der Waals surface area contributed by atoms with E-state index in [0.29, 0.717) is 5.92 Å². The Kier molecular flexibility index (Phi) is 2.91. The van der Waals surface area contributed by atoms with Crippen LogP contribution in [0.4, 0.5) is 0 Å². The highest BCUT2D eigenvalue weighted by Gasteiger charge is 2.20. The van der Waals surface area contributed by atoms with Gasteiger partial charge < -0.3 is 4.90 Å². The van der Waals surface area contributed by atoms with Crippen LogP contribution in [0.2, 0.25) is 0 Å². The number of nitrogens with zero attached hydrogens (tertiary/aromatic N) is 2. The Hall–Kier alpha value is -0.0600. The van der Waals surface area contributed by atoms with Gasteiger partial charge in [-0.1, -0.05) is 0 Å². The summed E-state index contributed by atoms with van der Waals surface area (Å²) in [4.78, 5) is 6.81. The van der Waals surface area contributed by atoms with E-state index in [1.165, 1.54) is 24.4 Å². The highest BCUT2D eigenvalue weighted by molar-refractivity contribution is 7.80. The molecule has 0 saturated carbocycles. The first-order chi connectivity index (χ1) is 6.25. The number of hydrogen-bond acceptors (Lipinski definition) is 4. The molecule has 1 aromatic heterocycles. The summed E-state index contributed by atoms with van der Waals surface area (Å²) in [5.41, 5.74) is 0. The van der Waals surface area contributed by atoms with Crippen molar-refractivity contribution in [2.45, 2.75) is 23.8 Å². The number of thiol groups is 1. The third kappa shape index (κ3) is 2.24. The van der Waals surface area contributed by atoms with Gasteiger partial charge in [0, 0.05) is 17.8 Å². The van der Waals surface area contributed by atoms with Gasteiger partial charge >= 0.3 is 0 Å². The fourth-order valence-corrected chi connectivity index (χ4v) is 2.98. The van der Waals surface area contributed by atoms with Gasteiger partial charge in [0.25, 0.3) is 0 Å². The first-order valence-electron chi connectivity index (χ1n) is 4.58. The average molecular weight is 214 g/mol. The van der Waals surface area contributed by atoms with Crippen LogP contribution in [-0.2, 0) is 0 Å². The minimum Gasteiger partial charge on any atom is -0.306 e. The van der Waals surface area contributed by atoms with Gasteiger partial charge in [0.15, 0.2) is 0 Å². The molecule has 0 N–H and O–H groups in total. The first-order valence-corrected chi connectivity index (χ1v) is 5.91. The maximum atomic E-state index is 4.42. The minimum absolute atomic E-state index is 0.643. The van der Waals surface area contributed by atoms with Gasteiger partial charge in [-0.15, -0.1) is 24.0 Å². The number of hydrogen-bond donors (Lipinski definition) is 1. The molecule has 13 heavy (non-hydrogen) atoms. The molecule has 0 aliphatic carbocycles. The molecular formula is C9H14N2S2.